The van der Waals surface area contributed by atoms with Crippen LogP contribution in [0.3, 0.4) is 0 Å². The molecule has 0 radical (unpaired) electrons. The molecule has 4 heterocycles. The van der Waals surface area contributed by atoms with Gasteiger partial charge in [-0.1, -0.05) is 23.0 Å². The number of imidazole rings is 1. The molecule has 16 heteroatoms. The molecule has 3 aromatic rings. The SMILES string of the molecule is COC(=O)C(C)N(OC[C@H]1O[C@@H](n2cnc3c(N4CCC4)nc(N)nc32)[C@](C)(F)[C@@H]1O)[PH](=O)Oc1ccccc1. The summed E-state index contributed by atoms with van der Waals surface area (Å²) in [6, 6.07) is 7.17. The molecular formula is C24H31FN7O7P. The highest BCUT2D eigenvalue weighted by Crippen LogP contribution is 2.44. The highest BCUT2D eigenvalue weighted by Gasteiger charge is 2.56. The van der Waals surface area contributed by atoms with Gasteiger partial charge in [0.1, 0.15) is 24.0 Å². The van der Waals surface area contributed by atoms with Crippen molar-refractivity contribution in [2.45, 2.75) is 50.4 Å². The number of esters is 1. The molecule has 2 aliphatic heterocycles. The number of aliphatic hydroxyl groups is 1. The Kier molecular flexibility index (Phi) is 7.93. The molecule has 216 valence electrons. The van der Waals surface area contributed by atoms with Crippen molar-refractivity contribution in [2.75, 3.05) is 37.4 Å². The molecule has 0 bridgehead atoms. The van der Waals surface area contributed by atoms with E-state index in [0.29, 0.717) is 11.3 Å². The molecule has 0 amide bonds. The van der Waals surface area contributed by atoms with Gasteiger partial charge in [0.05, 0.1) is 20.0 Å². The van der Waals surface area contributed by atoms with Crippen molar-refractivity contribution in [3.05, 3.63) is 36.7 Å². The Morgan fingerprint density at radius 3 is 2.73 bits per heavy atom. The number of fused-ring (bicyclic) bond motifs is 1. The molecule has 5 rings (SSSR count). The molecule has 0 spiro atoms. The van der Waals surface area contributed by atoms with E-state index < -0.39 is 50.9 Å². The van der Waals surface area contributed by atoms with Gasteiger partial charge >= 0.3 is 14.1 Å². The fourth-order valence-corrected chi connectivity index (χ4v) is 5.59. The number of anilines is 2. The molecule has 2 unspecified atom stereocenters. The quantitative estimate of drug-likeness (QED) is 0.203. The van der Waals surface area contributed by atoms with E-state index >= 15 is 4.39 Å². The van der Waals surface area contributed by atoms with E-state index in [4.69, 9.17) is 24.6 Å². The molecule has 2 aliphatic rings. The van der Waals surface area contributed by atoms with Crippen LogP contribution in [0.25, 0.3) is 11.2 Å². The molecule has 2 aromatic heterocycles. The number of methoxy groups -OCH3 is 1. The van der Waals surface area contributed by atoms with E-state index in [0.717, 1.165) is 24.3 Å². The van der Waals surface area contributed by atoms with Crippen LogP contribution < -0.4 is 15.2 Å². The zero-order chi connectivity index (χ0) is 28.6. The van der Waals surface area contributed by atoms with Gasteiger partial charge in [0, 0.05) is 13.1 Å². The van der Waals surface area contributed by atoms with E-state index in [1.807, 2.05) is 4.90 Å². The lowest BCUT2D eigenvalue weighted by Gasteiger charge is -2.32. The monoisotopic (exact) mass is 579 g/mol. The second-order valence-electron chi connectivity index (χ2n) is 9.69. The third-order valence-electron chi connectivity index (χ3n) is 6.95. The number of rotatable bonds is 10. The van der Waals surface area contributed by atoms with Crippen LogP contribution in [0.1, 0.15) is 26.5 Å². The topological polar surface area (TPSA) is 167 Å². The smallest absolute Gasteiger partial charge is 0.331 e. The largest absolute Gasteiger partial charge is 0.468 e. The molecule has 6 atom stereocenters. The number of aromatic nitrogens is 4. The number of hydrogen-bond donors (Lipinski definition) is 2. The third-order valence-corrected chi connectivity index (χ3v) is 8.23. The van der Waals surface area contributed by atoms with Crippen LogP contribution >= 0.6 is 8.18 Å². The molecule has 2 saturated heterocycles. The molecule has 14 nitrogen and oxygen atoms in total. The number of carbonyl (C=O) groups excluding carboxylic acids is 1. The molecule has 0 aliphatic carbocycles. The number of alkyl halides is 1. The molecule has 2 fully saturated rings. The second kappa shape index (κ2) is 11.3. The van der Waals surface area contributed by atoms with Crippen molar-refractivity contribution in [2.24, 2.45) is 0 Å². The summed E-state index contributed by atoms with van der Waals surface area (Å²) in [5.41, 5.74) is 4.30. The summed E-state index contributed by atoms with van der Waals surface area (Å²) >= 11 is 0. The Balaban J connectivity index is 1.36. The maximum atomic E-state index is 16.0. The highest BCUT2D eigenvalue weighted by atomic mass is 31.1. The van der Waals surface area contributed by atoms with Crippen LogP contribution in [0.2, 0.25) is 0 Å². The van der Waals surface area contributed by atoms with Gasteiger partial charge < -0.3 is 29.7 Å². The van der Waals surface area contributed by atoms with Gasteiger partial charge in [-0.15, -0.1) is 0 Å². The highest BCUT2D eigenvalue weighted by molar-refractivity contribution is 7.36. The summed E-state index contributed by atoms with van der Waals surface area (Å²) in [6.07, 6.45) is -1.90. The lowest BCUT2D eigenvalue weighted by Crippen LogP contribution is -2.43. The number of halogens is 1. The predicted octanol–water partition coefficient (Wildman–Crippen LogP) is 1.87. The number of nitrogens with zero attached hydrogens (tertiary/aromatic N) is 6. The second-order valence-corrected chi connectivity index (χ2v) is 10.9. The van der Waals surface area contributed by atoms with E-state index in [2.05, 4.69) is 15.0 Å². The van der Waals surface area contributed by atoms with E-state index in [9.17, 15) is 14.5 Å². The molecule has 40 heavy (non-hydrogen) atoms. The average Bonchev–Trinajstić information content (AvgIpc) is 3.41. The first-order valence-electron chi connectivity index (χ1n) is 12.7. The minimum absolute atomic E-state index is 0.00822. The van der Waals surface area contributed by atoms with Crippen molar-refractivity contribution in [3.63, 3.8) is 0 Å². The van der Waals surface area contributed by atoms with Gasteiger partial charge in [0.15, 0.2) is 28.9 Å². The van der Waals surface area contributed by atoms with Crippen LogP contribution in [0.4, 0.5) is 16.2 Å². The number of para-hydroxylation sites is 1. The predicted molar refractivity (Wildman–Crippen MR) is 141 cm³/mol. The van der Waals surface area contributed by atoms with Crippen molar-refractivity contribution >= 4 is 37.1 Å². The van der Waals surface area contributed by atoms with Gasteiger partial charge in [-0.2, -0.15) is 9.97 Å². The molecular weight excluding hydrogens is 548 g/mol. The maximum Gasteiger partial charge on any atom is 0.331 e. The average molecular weight is 580 g/mol. The van der Waals surface area contributed by atoms with Gasteiger partial charge in [-0.05, 0) is 32.4 Å². The number of benzene rings is 1. The number of hydroxylamine groups is 1. The standard InChI is InChI=1S/C24H31FN7O7P/c1-14(21(34)36-3)32(40(35)39-15-8-5-4-6-9-15)37-12-16-18(33)24(2,25)22(38-16)31-13-27-17-19(30-10-7-11-30)28-23(26)29-20(17)31/h4-6,8-9,13-14,16,18,22,33,40H,7,10-12H2,1-3H3,(H2,26,28,29)/t14?,16-,18-,22-,24-/m1/s1. The summed E-state index contributed by atoms with van der Waals surface area (Å²) in [4.78, 5) is 33.7. The zero-order valence-electron chi connectivity index (χ0n) is 22.1. The fraction of sp³-hybridized carbons (Fsp3) is 0.500. The van der Waals surface area contributed by atoms with Gasteiger partial charge in [0.2, 0.25) is 5.95 Å². The van der Waals surface area contributed by atoms with Crippen LogP contribution in [0.5, 0.6) is 5.75 Å². The number of hydrogen-bond acceptors (Lipinski definition) is 12. The van der Waals surface area contributed by atoms with Gasteiger partial charge in [-0.3, -0.25) is 18.8 Å². The van der Waals surface area contributed by atoms with Crippen molar-refractivity contribution in [1.29, 1.82) is 0 Å². The van der Waals surface area contributed by atoms with Crippen LogP contribution in [0.15, 0.2) is 36.7 Å². The van der Waals surface area contributed by atoms with Crippen LogP contribution in [0, 0.1) is 0 Å². The number of nitrogen functional groups attached to an aromatic ring is 1. The molecule has 0 saturated carbocycles. The van der Waals surface area contributed by atoms with E-state index in [1.165, 1.54) is 31.9 Å². The van der Waals surface area contributed by atoms with Crippen molar-refractivity contribution < 1.29 is 37.7 Å². The summed E-state index contributed by atoms with van der Waals surface area (Å²) in [5.74, 6) is 0.0845. The first kappa shape index (κ1) is 28.2. The first-order valence-corrected chi connectivity index (χ1v) is 13.9. The third kappa shape index (κ3) is 5.22. The lowest BCUT2D eigenvalue weighted by molar-refractivity contribution is -0.179. The Hall–Kier alpha value is -3.36. The normalized spacial score (nSPS) is 26.1. The van der Waals surface area contributed by atoms with Crippen molar-refractivity contribution in [1.82, 2.24) is 24.4 Å². The van der Waals surface area contributed by atoms with Crippen molar-refractivity contribution in [3.8, 4) is 5.75 Å². The Morgan fingerprint density at radius 2 is 2.08 bits per heavy atom. The maximum absolute atomic E-state index is 16.0. The summed E-state index contributed by atoms with van der Waals surface area (Å²) in [5, 5.41) is 10.9. The number of nitrogens with two attached hydrogens (primary N) is 1. The minimum atomic E-state index is -3.19. The van der Waals surface area contributed by atoms with Gasteiger partial charge in [-0.25, -0.2) is 9.37 Å². The Bertz CT molecular complexity index is 1390. The Labute approximate surface area is 229 Å². The lowest BCUT2D eigenvalue weighted by atomic mass is 9.98. The minimum Gasteiger partial charge on any atom is -0.468 e. The van der Waals surface area contributed by atoms with E-state index in [1.54, 1.807) is 30.3 Å². The first-order chi connectivity index (χ1) is 19.1. The van der Waals surface area contributed by atoms with E-state index in [-0.39, 0.29) is 17.3 Å². The zero-order valence-corrected chi connectivity index (χ0v) is 23.1. The van der Waals surface area contributed by atoms with Gasteiger partial charge in [0.25, 0.3) is 0 Å². The summed E-state index contributed by atoms with van der Waals surface area (Å²) < 4.78 is 46.6. The Morgan fingerprint density at radius 1 is 1.35 bits per heavy atom. The summed E-state index contributed by atoms with van der Waals surface area (Å²) in [7, 11) is -2.02. The number of carbonyl (C=O) groups is 1. The summed E-state index contributed by atoms with van der Waals surface area (Å²) in [6.45, 7) is 3.71. The number of ether oxygens (including phenoxy) is 2. The number of aliphatic hydroxyl groups excluding tert-OH is 1. The van der Waals surface area contributed by atoms with Crippen LogP contribution in [-0.2, 0) is 23.7 Å². The fourth-order valence-electron chi connectivity index (χ4n) is 4.57. The molecule has 3 N–H and O–H groups in total. The van der Waals surface area contributed by atoms with Crippen LogP contribution in [-0.4, -0.2) is 86.2 Å². The molecule has 1 aromatic carbocycles.